The lowest BCUT2D eigenvalue weighted by Gasteiger charge is -2.25. The van der Waals surface area contributed by atoms with E-state index in [1.165, 1.54) is 0 Å². The fourth-order valence-corrected chi connectivity index (χ4v) is 3.88. The third kappa shape index (κ3) is 4.24. The van der Waals surface area contributed by atoms with Crippen molar-refractivity contribution in [2.75, 3.05) is 33.0 Å². The van der Waals surface area contributed by atoms with Crippen LogP contribution in [0.4, 0.5) is 0 Å². The molecular formula is C22H28N2O5. The highest BCUT2D eigenvalue weighted by molar-refractivity contribution is 5.95. The normalized spacial score (nSPS) is 17.1. The predicted molar refractivity (Wildman–Crippen MR) is 107 cm³/mol. The van der Waals surface area contributed by atoms with Gasteiger partial charge in [-0.15, -0.1) is 0 Å². The summed E-state index contributed by atoms with van der Waals surface area (Å²) in [4.78, 5) is 19.6. The topological polar surface area (TPSA) is 74.0 Å². The summed E-state index contributed by atoms with van der Waals surface area (Å²) in [6, 6.07) is 5.36. The molecule has 1 fully saturated rings. The van der Waals surface area contributed by atoms with E-state index < -0.39 is 0 Å². The zero-order valence-electron chi connectivity index (χ0n) is 17.1. The molecular weight excluding hydrogens is 372 g/mol. The molecule has 1 aromatic heterocycles. The van der Waals surface area contributed by atoms with Crippen LogP contribution in [0.5, 0.6) is 11.5 Å². The number of oxazole rings is 1. The third-order valence-electron chi connectivity index (χ3n) is 5.39. The average molecular weight is 400 g/mol. The Labute approximate surface area is 170 Å². The maximum atomic E-state index is 13.1. The molecule has 1 amide bonds. The monoisotopic (exact) mass is 400 g/mol. The van der Waals surface area contributed by atoms with Crippen molar-refractivity contribution < 1.29 is 23.4 Å². The van der Waals surface area contributed by atoms with Gasteiger partial charge < -0.3 is 23.5 Å². The number of amides is 1. The smallest absolute Gasteiger partial charge is 0.254 e. The highest BCUT2D eigenvalue weighted by Crippen LogP contribution is 2.32. The first-order chi connectivity index (χ1) is 14.2. The van der Waals surface area contributed by atoms with E-state index in [1.807, 2.05) is 18.7 Å². The van der Waals surface area contributed by atoms with Crippen LogP contribution in [0.2, 0.25) is 0 Å². The number of benzene rings is 1. The summed E-state index contributed by atoms with van der Waals surface area (Å²) in [7, 11) is 0. The molecule has 0 radical (unpaired) electrons. The summed E-state index contributed by atoms with van der Waals surface area (Å²) in [5.74, 6) is 3.25. The Hall–Kier alpha value is -2.54. The van der Waals surface area contributed by atoms with Gasteiger partial charge in [-0.3, -0.25) is 4.79 Å². The molecule has 2 aliphatic rings. The molecule has 1 aromatic carbocycles. The number of hydrogen-bond acceptors (Lipinski definition) is 6. The standard InChI is InChI=1S/C22H28N2O5/c1-3-27-19-6-5-16(13-20(19)28-4-2)22(25)24-10-7-18-17(14-24)23-21(29-18)15-8-11-26-12-9-15/h5-6,13,15H,3-4,7-12,14H2,1-2H3. The van der Waals surface area contributed by atoms with Crippen molar-refractivity contribution in [3.05, 3.63) is 41.1 Å². The summed E-state index contributed by atoms with van der Waals surface area (Å²) in [5.41, 5.74) is 1.47. The van der Waals surface area contributed by atoms with Gasteiger partial charge in [-0.1, -0.05) is 0 Å². The number of carbonyl (C=O) groups excluding carboxylic acids is 1. The first-order valence-corrected chi connectivity index (χ1v) is 10.4. The van der Waals surface area contributed by atoms with Crippen LogP contribution in [0.1, 0.15) is 60.3 Å². The number of fused-ring (bicyclic) bond motifs is 1. The van der Waals surface area contributed by atoms with Crippen molar-refractivity contribution in [3.8, 4) is 11.5 Å². The lowest BCUT2D eigenvalue weighted by Crippen LogP contribution is -2.35. The van der Waals surface area contributed by atoms with Gasteiger partial charge in [0.15, 0.2) is 17.4 Å². The summed E-state index contributed by atoms with van der Waals surface area (Å²) in [5, 5.41) is 0. The van der Waals surface area contributed by atoms with Crippen molar-refractivity contribution in [1.29, 1.82) is 0 Å². The Balaban J connectivity index is 1.49. The third-order valence-corrected chi connectivity index (χ3v) is 5.39. The van der Waals surface area contributed by atoms with E-state index in [4.69, 9.17) is 23.6 Å². The molecule has 4 rings (SSSR count). The van der Waals surface area contributed by atoms with Crippen LogP contribution in [0.15, 0.2) is 22.6 Å². The highest BCUT2D eigenvalue weighted by atomic mass is 16.5. The van der Waals surface area contributed by atoms with Crippen LogP contribution in [0.3, 0.4) is 0 Å². The maximum Gasteiger partial charge on any atom is 0.254 e. The van der Waals surface area contributed by atoms with Gasteiger partial charge in [-0.05, 0) is 44.9 Å². The van der Waals surface area contributed by atoms with E-state index >= 15 is 0 Å². The zero-order valence-corrected chi connectivity index (χ0v) is 17.1. The number of nitrogens with zero attached hydrogens (tertiary/aromatic N) is 2. The number of hydrogen-bond donors (Lipinski definition) is 0. The zero-order chi connectivity index (χ0) is 20.2. The second-order valence-electron chi connectivity index (χ2n) is 7.31. The molecule has 0 unspecified atom stereocenters. The molecule has 0 spiro atoms. The van der Waals surface area contributed by atoms with E-state index in [0.717, 1.165) is 43.4 Å². The van der Waals surface area contributed by atoms with Gasteiger partial charge in [0.25, 0.3) is 5.91 Å². The molecule has 0 aliphatic carbocycles. The molecule has 7 heteroatoms. The summed E-state index contributed by atoms with van der Waals surface area (Å²) < 4.78 is 22.7. The van der Waals surface area contributed by atoms with Crippen LogP contribution < -0.4 is 9.47 Å². The second kappa shape index (κ2) is 8.86. The van der Waals surface area contributed by atoms with Crippen LogP contribution in [0, 0.1) is 0 Å². The van der Waals surface area contributed by atoms with Gasteiger partial charge in [0, 0.05) is 37.7 Å². The van der Waals surface area contributed by atoms with E-state index in [2.05, 4.69) is 0 Å². The van der Waals surface area contributed by atoms with E-state index in [-0.39, 0.29) is 5.91 Å². The van der Waals surface area contributed by atoms with E-state index in [0.29, 0.717) is 55.7 Å². The van der Waals surface area contributed by atoms with Crippen molar-refractivity contribution in [2.45, 2.75) is 45.6 Å². The van der Waals surface area contributed by atoms with E-state index in [1.54, 1.807) is 18.2 Å². The SMILES string of the molecule is CCOc1ccc(C(=O)N2CCc3oc(C4CCOCC4)nc3C2)cc1OCC. The van der Waals surface area contributed by atoms with Crippen LogP contribution in [0.25, 0.3) is 0 Å². The minimum atomic E-state index is -0.0322. The molecule has 0 saturated carbocycles. The lowest BCUT2D eigenvalue weighted by molar-refractivity contribution is 0.0725. The molecule has 0 atom stereocenters. The van der Waals surface area contributed by atoms with Crippen LogP contribution >= 0.6 is 0 Å². The fourth-order valence-electron chi connectivity index (χ4n) is 3.88. The summed E-state index contributed by atoms with van der Waals surface area (Å²) >= 11 is 0. The Bertz CT molecular complexity index is 857. The molecule has 1 saturated heterocycles. The number of ether oxygens (including phenoxy) is 3. The fraction of sp³-hybridized carbons (Fsp3) is 0.545. The van der Waals surface area contributed by atoms with Crippen molar-refractivity contribution >= 4 is 5.91 Å². The minimum Gasteiger partial charge on any atom is -0.490 e. The van der Waals surface area contributed by atoms with E-state index in [9.17, 15) is 4.79 Å². The number of rotatable bonds is 6. The summed E-state index contributed by atoms with van der Waals surface area (Å²) in [6.45, 7) is 7.49. The first-order valence-electron chi connectivity index (χ1n) is 10.4. The second-order valence-corrected chi connectivity index (χ2v) is 7.31. The average Bonchev–Trinajstić information content (AvgIpc) is 3.19. The number of carbonyl (C=O) groups is 1. The van der Waals surface area contributed by atoms with Gasteiger partial charge in [0.2, 0.25) is 0 Å². The molecule has 0 bridgehead atoms. The maximum absolute atomic E-state index is 13.1. The van der Waals surface area contributed by atoms with Crippen molar-refractivity contribution in [1.82, 2.24) is 9.88 Å². The molecule has 3 heterocycles. The minimum absolute atomic E-state index is 0.0322. The van der Waals surface area contributed by atoms with Gasteiger partial charge in [-0.25, -0.2) is 4.98 Å². The molecule has 2 aromatic rings. The predicted octanol–water partition coefficient (Wildman–Crippen LogP) is 3.56. The molecule has 29 heavy (non-hydrogen) atoms. The Morgan fingerprint density at radius 1 is 1.17 bits per heavy atom. The van der Waals surface area contributed by atoms with Crippen molar-refractivity contribution in [3.63, 3.8) is 0 Å². The Morgan fingerprint density at radius 2 is 1.93 bits per heavy atom. The van der Waals surface area contributed by atoms with Gasteiger partial charge in [-0.2, -0.15) is 0 Å². The van der Waals surface area contributed by atoms with Gasteiger partial charge in [0.1, 0.15) is 11.5 Å². The van der Waals surface area contributed by atoms with Crippen LogP contribution in [-0.4, -0.2) is 48.8 Å². The molecule has 2 aliphatic heterocycles. The van der Waals surface area contributed by atoms with Crippen molar-refractivity contribution in [2.24, 2.45) is 0 Å². The van der Waals surface area contributed by atoms with Gasteiger partial charge >= 0.3 is 0 Å². The van der Waals surface area contributed by atoms with Gasteiger partial charge in [0.05, 0.1) is 19.8 Å². The Kier molecular flexibility index (Phi) is 6.04. The summed E-state index contributed by atoms with van der Waals surface area (Å²) in [6.07, 6.45) is 2.56. The van der Waals surface area contributed by atoms with Crippen LogP contribution in [-0.2, 0) is 17.7 Å². The largest absolute Gasteiger partial charge is 0.490 e. The number of aromatic nitrogens is 1. The molecule has 0 N–H and O–H groups in total. The lowest BCUT2D eigenvalue weighted by atomic mass is 10.0. The molecule has 156 valence electrons. The Morgan fingerprint density at radius 3 is 2.69 bits per heavy atom. The quantitative estimate of drug-likeness (QED) is 0.738. The molecule has 7 nitrogen and oxygen atoms in total. The first kappa shape index (κ1) is 19.8. The highest BCUT2D eigenvalue weighted by Gasteiger charge is 2.29.